The fourth-order valence-corrected chi connectivity index (χ4v) is 2.57. The minimum atomic E-state index is -0.138. The van der Waals surface area contributed by atoms with Crippen LogP contribution in [0.1, 0.15) is 26.7 Å². The van der Waals surface area contributed by atoms with Gasteiger partial charge in [-0.25, -0.2) is 0 Å². The summed E-state index contributed by atoms with van der Waals surface area (Å²) in [6.07, 6.45) is 1.83. The first-order chi connectivity index (χ1) is 7.59. The third-order valence-corrected chi connectivity index (χ3v) is 3.57. The van der Waals surface area contributed by atoms with Crippen LogP contribution in [0.25, 0.3) is 0 Å². The van der Waals surface area contributed by atoms with E-state index < -0.39 is 0 Å². The van der Waals surface area contributed by atoms with Gasteiger partial charge in [0.1, 0.15) is 0 Å². The predicted molar refractivity (Wildman–Crippen MR) is 62.2 cm³/mol. The third kappa shape index (κ3) is 2.55. The molecule has 0 aliphatic carbocycles. The molecule has 2 saturated heterocycles. The van der Waals surface area contributed by atoms with Gasteiger partial charge in [-0.3, -0.25) is 4.79 Å². The molecule has 0 radical (unpaired) electrons. The molecule has 0 saturated carbocycles. The van der Waals surface area contributed by atoms with Gasteiger partial charge in [-0.1, -0.05) is 0 Å². The molecule has 2 rings (SSSR count). The van der Waals surface area contributed by atoms with E-state index in [2.05, 4.69) is 19.2 Å². The average Bonchev–Trinajstić information content (AvgIpc) is 2.69. The largest absolute Gasteiger partial charge is 0.377 e. The summed E-state index contributed by atoms with van der Waals surface area (Å²) in [4.78, 5) is 14.2. The number of morpholine rings is 1. The molecule has 1 N–H and O–H groups in total. The molecule has 0 aromatic heterocycles. The highest BCUT2D eigenvalue weighted by molar-refractivity contribution is 5.77. The topological polar surface area (TPSA) is 41.6 Å². The maximum absolute atomic E-state index is 12.2. The SMILES string of the molecule is CC1(C)COCCN1C(=O)CC1CCNC1. The Bertz CT molecular complexity index is 260. The monoisotopic (exact) mass is 226 g/mol. The van der Waals surface area contributed by atoms with Crippen molar-refractivity contribution in [2.75, 3.05) is 32.8 Å². The van der Waals surface area contributed by atoms with Gasteiger partial charge in [0.25, 0.3) is 0 Å². The van der Waals surface area contributed by atoms with Crippen molar-refractivity contribution in [3.63, 3.8) is 0 Å². The summed E-state index contributed by atoms with van der Waals surface area (Å²) in [5.41, 5.74) is -0.138. The second-order valence-corrected chi connectivity index (χ2v) is 5.47. The lowest BCUT2D eigenvalue weighted by molar-refractivity contribution is -0.147. The predicted octanol–water partition coefficient (Wildman–Crippen LogP) is 0.623. The maximum Gasteiger partial charge on any atom is 0.223 e. The summed E-state index contributed by atoms with van der Waals surface area (Å²) in [6.45, 7) is 8.29. The van der Waals surface area contributed by atoms with Crippen LogP contribution < -0.4 is 5.32 Å². The van der Waals surface area contributed by atoms with Gasteiger partial charge in [-0.15, -0.1) is 0 Å². The van der Waals surface area contributed by atoms with Crippen molar-refractivity contribution < 1.29 is 9.53 Å². The van der Waals surface area contributed by atoms with E-state index in [9.17, 15) is 4.79 Å². The second-order valence-electron chi connectivity index (χ2n) is 5.47. The fraction of sp³-hybridized carbons (Fsp3) is 0.917. The van der Waals surface area contributed by atoms with Crippen molar-refractivity contribution in [3.8, 4) is 0 Å². The van der Waals surface area contributed by atoms with Crippen LogP contribution in [0.15, 0.2) is 0 Å². The molecule has 1 unspecified atom stereocenters. The number of carbonyl (C=O) groups is 1. The normalized spacial score (nSPS) is 29.4. The molecular formula is C12H22N2O2. The van der Waals surface area contributed by atoms with E-state index >= 15 is 0 Å². The zero-order valence-electron chi connectivity index (χ0n) is 10.3. The van der Waals surface area contributed by atoms with Crippen molar-refractivity contribution in [1.29, 1.82) is 0 Å². The minimum absolute atomic E-state index is 0.138. The van der Waals surface area contributed by atoms with E-state index in [4.69, 9.17) is 4.74 Å². The molecule has 0 spiro atoms. The smallest absolute Gasteiger partial charge is 0.223 e. The van der Waals surface area contributed by atoms with Gasteiger partial charge in [-0.2, -0.15) is 0 Å². The molecule has 1 amide bonds. The van der Waals surface area contributed by atoms with Crippen LogP contribution in [0.5, 0.6) is 0 Å². The number of rotatable bonds is 2. The van der Waals surface area contributed by atoms with E-state index in [1.165, 1.54) is 0 Å². The number of nitrogens with zero attached hydrogens (tertiary/aromatic N) is 1. The lowest BCUT2D eigenvalue weighted by Gasteiger charge is -2.42. The molecule has 16 heavy (non-hydrogen) atoms. The van der Waals surface area contributed by atoms with Gasteiger partial charge in [0.2, 0.25) is 5.91 Å². The molecule has 2 aliphatic heterocycles. The molecule has 0 aromatic carbocycles. The van der Waals surface area contributed by atoms with E-state index in [-0.39, 0.29) is 5.54 Å². The molecule has 2 heterocycles. The first kappa shape index (κ1) is 11.9. The number of hydrogen-bond acceptors (Lipinski definition) is 3. The molecule has 2 aliphatic rings. The van der Waals surface area contributed by atoms with Crippen LogP contribution in [0.2, 0.25) is 0 Å². The van der Waals surface area contributed by atoms with E-state index in [1.807, 2.05) is 4.90 Å². The first-order valence-corrected chi connectivity index (χ1v) is 6.18. The third-order valence-electron chi connectivity index (χ3n) is 3.57. The van der Waals surface area contributed by atoms with Crippen molar-refractivity contribution in [1.82, 2.24) is 10.2 Å². The van der Waals surface area contributed by atoms with Gasteiger partial charge in [-0.05, 0) is 39.3 Å². The van der Waals surface area contributed by atoms with Gasteiger partial charge in [0.15, 0.2) is 0 Å². The number of hydrogen-bond donors (Lipinski definition) is 1. The van der Waals surface area contributed by atoms with Crippen molar-refractivity contribution in [2.45, 2.75) is 32.2 Å². The number of carbonyl (C=O) groups excluding carboxylic acids is 1. The van der Waals surface area contributed by atoms with Crippen LogP contribution in [-0.2, 0) is 9.53 Å². The first-order valence-electron chi connectivity index (χ1n) is 6.18. The van der Waals surface area contributed by atoms with E-state index in [1.54, 1.807) is 0 Å². The fourth-order valence-electron chi connectivity index (χ4n) is 2.57. The molecule has 4 heteroatoms. The quantitative estimate of drug-likeness (QED) is 0.750. The van der Waals surface area contributed by atoms with Crippen LogP contribution in [0.3, 0.4) is 0 Å². The summed E-state index contributed by atoms with van der Waals surface area (Å²) >= 11 is 0. The van der Waals surface area contributed by atoms with Crippen LogP contribution >= 0.6 is 0 Å². The van der Waals surface area contributed by atoms with Crippen molar-refractivity contribution in [2.24, 2.45) is 5.92 Å². The minimum Gasteiger partial charge on any atom is -0.377 e. The Morgan fingerprint density at radius 2 is 2.38 bits per heavy atom. The summed E-state index contributed by atoms with van der Waals surface area (Å²) < 4.78 is 5.43. The Morgan fingerprint density at radius 1 is 1.56 bits per heavy atom. The van der Waals surface area contributed by atoms with Gasteiger partial charge in [0.05, 0.1) is 18.8 Å². The number of nitrogens with one attached hydrogen (secondary N) is 1. The Hall–Kier alpha value is -0.610. The highest BCUT2D eigenvalue weighted by atomic mass is 16.5. The average molecular weight is 226 g/mol. The molecular weight excluding hydrogens is 204 g/mol. The zero-order chi connectivity index (χ0) is 11.6. The summed E-state index contributed by atoms with van der Waals surface area (Å²) in [7, 11) is 0. The number of ether oxygens (including phenoxy) is 1. The number of amides is 1. The Balaban J connectivity index is 1.91. The summed E-state index contributed by atoms with van der Waals surface area (Å²) in [6, 6.07) is 0. The zero-order valence-corrected chi connectivity index (χ0v) is 10.3. The highest BCUT2D eigenvalue weighted by Gasteiger charge is 2.34. The van der Waals surface area contributed by atoms with Crippen molar-refractivity contribution in [3.05, 3.63) is 0 Å². The molecule has 92 valence electrons. The molecule has 0 bridgehead atoms. The second kappa shape index (κ2) is 4.72. The van der Waals surface area contributed by atoms with E-state index in [0.29, 0.717) is 31.5 Å². The lowest BCUT2D eigenvalue weighted by atomic mass is 9.98. The Labute approximate surface area is 97.3 Å². The van der Waals surface area contributed by atoms with Crippen molar-refractivity contribution >= 4 is 5.91 Å². The highest BCUT2D eigenvalue weighted by Crippen LogP contribution is 2.22. The van der Waals surface area contributed by atoms with Crippen LogP contribution in [0, 0.1) is 5.92 Å². The van der Waals surface area contributed by atoms with Gasteiger partial charge >= 0.3 is 0 Å². The van der Waals surface area contributed by atoms with Crippen LogP contribution in [-0.4, -0.2) is 49.2 Å². The molecule has 4 nitrogen and oxygen atoms in total. The standard InChI is InChI=1S/C12H22N2O2/c1-12(2)9-16-6-5-14(12)11(15)7-10-3-4-13-8-10/h10,13H,3-9H2,1-2H3. The molecule has 2 fully saturated rings. The summed E-state index contributed by atoms with van der Waals surface area (Å²) in [5.74, 6) is 0.827. The van der Waals surface area contributed by atoms with Gasteiger partial charge in [0, 0.05) is 13.0 Å². The van der Waals surface area contributed by atoms with Gasteiger partial charge < -0.3 is 15.0 Å². The Kier molecular flexibility index (Phi) is 3.50. The van der Waals surface area contributed by atoms with E-state index in [0.717, 1.165) is 26.1 Å². The van der Waals surface area contributed by atoms with Crippen LogP contribution in [0.4, 0.5) is 0 Å². The maximum atomic E-state index is 12.2. The lowest BCUT2D eigenvalue weighted by Crippen LogP contribution is -2.55. The Morgan fingerprint density at radius 3 is 3.00 bits per heavy atom. The summed E-state index contributed by atoms with van der Waals surface area (Å²) in [5, 5.41) is 3.31. The molecule has 1 atom stereocenters. The molecule has 0 aromatic rings.